The van der Waals surface area contributed by atoms with Gasteiger partial charge in [0, 0.05) is 40.3 Å². The highest BCUT2D eigenvalue weighted by Gasteiger charge is 2.40. The summed E-state index contributed by atoms with van der Waals surface area (Å²) in [7, 11) is 2.03. The van der Waals surface area contributed by atoms with E-state index in [-0.39, 0.29) is 30.6 Å². The predicted molar refractivity (Wildman–Crippen MR) is 126 cm³/mol. The highest BCUT2D eigenvalue weighted by atomic mass is 35.5. The van der Waals surface area contributed by atoms with Crippen molar-refractivity contribution in [2.75, 3.05) is 20.2 Å². The first-order valence-corrected chi connectivity index (χ1v) is 11.3. The number of carbonyl (C=O) groups excluding carboxylic acids is 3. The maximum absolute atomic E-state index is 12.8. The summed E-state index contributed by atoms with van der Waals surface area (Å²) < 4.78 is 5.10. The first-order valence-electron chi connectivity index (χ1n) is 10.1. The van der Waals surface area contributed by atoms with Crippen molar-refractivity contribution in [3.8, 4) is 0 Å². The molecule has 4 heterocycles. The smallest absolute Gasteiger partial charge is 0.331 e. The Kier molecular flexibility index (Phi) is 6.62. The van der Waals surface area contributed by atoms with Crippen molar-refractivity contribution in [2.24, 2.45) is 0 Å². The molecule has 1 saturated heterocycles. The molecule has 0 saturated carbocycles. The van der Waals surface area contributed by atoms with Crippen molar-refractivity contribution in [3.05, 3.63) is 50.6 Å². The fourth-order valence-electron chi connectivity index (χ4n) is 3.90. The number of hydrogen-bond donors (Lipinski definition) is 3. The topological polar surface area (TPSA) is 116 Å². The van der Waals surface area contributed by atoms with E-state index < -0.39 is 24.0 Å². The zero-order chi connectivity index (χ0) is 22.4. The number of rotatable bonds is 4. The van der Waals surface area contributed by atoms with Gasteiger partial charge in [0.1, 0.15) is 12.3 Å². The molecule has 3 aromatic rings. The van der Waals surface area contributed by atoms with Crippen LogP contribution in [-0.4, -0.2) is 64.9 Å². The molecule has 0 unspecified atom stereocenters. The number of esters is 1. The molecule has 12 heteroatoms. The van der Waals surface area contributed by atoms with Gasteiger partial charge in [-0.25, -0.2) is 9.78 Å². The number of ether oxygens (including phenoxy) is 1. The van der Waals surface area contributed by atoms with Crippen LogP contribution in [0.15, 0.2) is 24.3 Å². The Hall–Kier alpha value is -2.66. The Bertz CT molecular complexity index is 1240. The third-order valence-corrected chi connectivity index (χ3v) is 6.92. The van der Waals surface area contributed by atoms with E-state index in [1.165, 1.54) is 11.3 Å². The number of cyclic esters (lactones) is 1. The summed E-state index contributed by atoms with van der Waals surface area (Å²) in [5, 5.41) is 7.14. The highest BCUT2D eigenvalue weighted by molar-refractivity contribution is 7.13. The van der Waals surface area contributed by atoms with Crippen LogP contribution in [0.3, 0.4) is 0 Å². The molecule has 2 aliphatic rings. The summed E-state index contributed by atoms with van der Waals surface area (Å²) in [6, 6.07) is 5.19. The Morgan fingerprint density at radius 3 is 2.91 bits per heavy atom. The molecule has 3 N–H and O–H groups in total. The number of aromatic nitrogens is 2. The maximum Gasteiger partial charge on any atom is 0.331 e. The van der Waals surface area contributed by atoms with Crippen molar-refractivity contribution < 1.29 is 19.1 Å². The van der Waals surface area contributed by atoms with Gasteiger partial charge in [0.25, 0.3) is 11.8 Å². The molecule has 0 bridgehead atoms. The largest absolute Gasteiger partial charge is 0.462 e. The van der Waals surface area contributed by atoms with Crippen LogP contribution in [0.5, 0.6) is 0 Å². The van der Waals surface area contributed by atoms with Gasteiger partial charge in [0.05, 0.1) is 11.7 Å². The standard InChI is InChI=1S/C21H20ClN5O4S.ClH/c1-27-5-4-13-16(8-27)32-20(25-13)19(29)24-15-9-31-21(30)17(15)26-18(28)14-7-10-6-11(22)2-3-12(10)23-14;/h2-3,6-7,15,17,23H,4-5,8-9H2,1H3,(H,24,29)(H,26,28);1H/t15-,17+;/m1./s1. The quantitative estimate of drug-likeness (QED) is 0.464. The van der Waals surface area contributed by atoms with Crippen molar-refractivity contribution in [2.45, 2.75) is 25.0 Å². The maximum atomic E-state index is 12.8. The van der Waals surface area contributed by atoms with Gasteiger partial charge in [0.2, 0.25) is 0 Å². The lowest BCUT2D eigenvalue weighted by Gasteiger charge is -2.20. The van der Waals surface area contributed by atoms with Crippen LogP contribution in [0, 0.1) is 0 Å². The molecular weight excluding hydrogens is 489 g/mol. The van der Waals surface area contributed by atoms with Gasteiger partial charge in [0.15, 0.2) is 11.0 Å². The lowest BCUT2D eigenvalue weighted by Crippen LogP contribution is -2.52. The molecule has 0 aliphatic carbocycles. The lowest BCUT2D eigenvalue weighted by molar-refractivity contribution is -0.139. The number of H-pyrrole nitrogens is 1. The van der Waals surface area contributed by atoms with Crippen LogP contribution >= 0.6 is 35.3 Å². The van der Waals surface area contributed by atoms with Gasteiger partial charge in [-0.05, 0) is 31.3 Å². The Labute approximate surface area is 204 Å². The van der Waals surface area contributed by atoms with E-state index in [1.54, 1.807) is 24.3 Å². The number of hydrogen-bond acceptors (Lipinski definition) is 7. The molecule has 1 fully saturated rings. The summed E-state index contributed by atoms with van der Waals surface area (Å²) >= 11 is 7.35. The van der Waals surface area contributed by atoms with Crippen molar-refractivity contribution in [1.29, 1.82) is 0 Å². The van der Waals surface area contributed by atoms with E-state index in [9.17, 15) is 14.4 Å². The molecule has 1 aromatic carbocycles. The van der Waals surface area contributed by atoms with Gasteiger partial charge in [-0.15, -0.1) is 23.7 Å². The number of nitrogens with zero attached hydrogens (tertiary/aromatic N) is 2. The number of amides is 2. The van der Waals surface area contributed by atoms with Crippen LogP contribution in [0.4, 0.5) is 0 Å². The number of thiazole rings is 1. The van der Waals surface area contributed by atoms with E-state index in [4.69, 9.17) is 16.3 Å². The molecule has 33 heavy (non-hydrogen) atoms. The number of halogens is 2. The zero-order valence-corrected chi connectivity index (χ0v) is 19.9. The fourth-order valence-corrected chi connectivity index (χ4v) is 5.17. The van der Waals surface area contributed by atoms with Crippen molar-refractivity contribution in [3.63, 3.8) is 0 Å². The minimum absolute atomic E-state index is 0. The molecule has 5 rings (SSSR count). The number of likely N-dealkylation sites (N-methyl/N-ethyl adjacent to an activating group) is 1. The number of nitrogens with one attached hydrogen (secondary N) is 3. The zero-order valence-electron chi connectivity index (χ0n) is 17.5. The Balaban J connectivity index is 0.00000259. The molecule has 2 aromatic heterocycles. The number of aromatic amines is 1. The van der Waals surface area contributed by atoms with Crippen LogP contribution in [-0.2, 0) is 22.5 Å². The Morgan fingerprint density at radius 1 is 1.27 bits per heavy atom. The first-order chi connectivity index (χ1) is 15.4. The second-order valence-corrected chi connectivity index (χ2v) is 9.47. The molecule has 2 amide bonds. The number of carbonyl (C=O) groups is 3. The van der Waals surface area contributed by atoms with Gasteiger partial charge >= 0.3 is 5.97 Å². The van der Waals surface area contributed by atoms with E-state index in [2.05, 4.69) is 25.5 Å². The second kappa shape index (κ2) is 9.30. The van der Waals surface area contributed by atoms with Crippen LogP contribution in [0.2, 0.25) is 5.02 Å². The molecule has 174 valence electrons. The lowest BCUT2D eigenvalue weighted by atomic mass is 10.1. The van der Waals surface area contributed by atoms with Crippen LogP contribution < -0.4 is 10.6 Å². The minimum Gasteiger partial charge on any atom is -0.462 e. The average Bonchev–Trinajstić information content (AvgIpc) is 3.45. The monoisotopic (exact) mass is 509 g/mol. The van der Waals surface area contributed by atoms with Crippen LogP contribution in [0.25, 0.3) is 10.9 Å². The van der Waals surface area contributed by atoms with Crippen molar-refractivity contribution in [1.82, 2.24) is 25.5 Å². The van der Waals surface area contributed by atoms with Gasteiger partial charge in [-0.3, -0.25) is 9.59 Å². The summed E-state index contributed by atoms with van der Waals surface area (Å²) in [5.74, 6) is -1.45. The molecular formula is C21H21Cl2N5O4S. The number of benzene rings is 1. The van der Waals surface area contributed by atoms with E-state index in [0.717, 1.165) is 41.0 Å². The molecule has 0 spiro atoms. The Morgan fingerprint density at radius 2 is 2.09 bits per heavy atom. The van der Waals surface area contributed by atoms with Gasteiger partial charge in [-0.1, -0.05) is 11.6 Å². The van der Waals surface area contributed by atoms with Gasteiger partial charge in [-0.2, -0.15) is 0 Å². The predicted octanol–water partition coefficient (Wildman–Crippen LogP) is 2.14. The molecule has 2 atom stereocenters. The third kappa shape index (κ3) is 4.70. The highest BCUT2D eigenvalue weighted by Crippen LogP contribution is 2.25. The van der Waals surface area contributed by atoms with E-state index in [1.807, 2.05) is 7.05 Å². The second-order valence-electron chi connectivity index (χ2n) is 7.95. The summed E-state index contributed by atoms with van der Waals surface area (Å²) in [6.07, 6.45) is 0.801. The van der Waals surface area contributed by atoms with Gasteiger partial charge < -0.3 is 25.3 Å². The van der Waals surface area contributed by atoms with Crippen molar-refractivity contribution >= 4 is 64.0 Å². The first kappa shape index (κ1) is 23.5. The SMILES string of the molecule is CN1CCc2nc(C(=O)N[C@@H]3COC(=O)[C@H]3NC(=O)c3cc4cc(Cl)ccc4[nH]3)sc2C1.Cl. The summed E-state index contributed by atoms with van der Waals surface area (Å²) in [6.45, 7) is 1.64. The van der Waals surface area contributed by atoms with E-state index >= 15 is 0 Å². The summed E-state index contributed by atoms with van der Waals surface area (Å²) in [5.41, 5.74) is 1.97. The fraction of sp³-hybridized carbons (Fsp3) is 0.333. The van der Waals surface area contributed by atoms with E-state index in [0.29, 0.717) is 10.0 Å². The molecule has 2 aliphatic heterocycles. The minimum atomic E-state index is -0.998. The van der Waals surface area contributed by atoms with Crippen LogP contribution in [0.1, 0.15) is 30.9 Å². The average molecular weight is 510 g/mol. The molecule has 9 nitrogen and oxygen atoms in total. The third-order valence-electron chi connectivity index (χ3n) is 5.61. The number of fused-ring (bicyclic) bond motifs is 2. The molecule has 0 radical (unpaired) electrons. The summed E-state index contributed by atoms with van der Waals surface area (Å²) in [4.78, 5) is 48.5. The normalized spacial score (nSPS) is 20.1.